The summed E-state index contributed by atoms with van der Waals surface area (Å²) >= 11 is 0. The van der Waals surface area contributed by atoms with Crippen LogP contribution in [0.1, 0.15) is 38.5 Å². The number of carbonyl (C=O) groups excluding carboxylic acids is 1. The zero-order chi connectivity index (χ0) is 14.8. The monoisotopic (exact) mass is 277 g/mol. The van der Waals surface area contributed by atoms with E-state index in [9.17, 15) is 9.90 Å². The highest BCUT2D eigenvalue weighted by Gasteiger charge is 2.39. The molecule has 1 saturated heterocycles. The lowest BCUT2D eigenvalue weighted by Crippen LogP contribution is -2.39. The maximum absolute atomic E-state index is 11.9. The van der Waals surface area contributed by atoms with Crippen LogP contribution in [0.5, 0.6) is 0 Å². The lowest BCUT2D eigenvalue weighted by Gasteiger charge is -2.24. The van der Waals surface area contributed by atoms with Crippen LogP contribution in [0.3, 0.4) is 0 Å². The summed E-state index contributed by atoms with van der Waals surface area (Å²) in [6.45, 7) is 5.47. The van der Waals surface area contributed by atoms with Crippen molar-refractivity contribution in [3.8, 4) is 0 Å². The average molecular weight is 277 g/mol. The van der Waals surface area contributed by atoms with E-state index in [4.69, 9.17) is 0 Å². The number of nitrogens with zero attached hydrogens (tertiary/aromatic N) is 2. The van der Waals surface area contributed by atoms with Crippen LogP contribution in [-0.4, -0.2) is 36.1 Å². The molecule has 110 valence electrons. The second kappa shape index (κ2) is 5.79. The van der Waals surface area contributed by atoms with Gasteiger partial charge in [0.25, 0.3) is 0 Å². The van der Waals surface area contributed by atoms with Gasteiger partial charge in [0.05, 0.1) is 29.1 Å². The highest BCUT2D eigenvalue weighted by atomic mass is 16.3. The molecule has 2 N–H and O–H groups in total. The second-order valence-electron chi connectivity index (χ2n) is 5.68. The lowest BCUT2D eigenvalue weighted by molar-refractivity contribution is -0.128. The van der Waals surface area contributed by atoms with E-state index < -0.39 is 6.10 Å². The molecule has 0 radical (unpaired) electrons. The van der Waals surface area contributed by atoms with Gasteiger partial charge >= 0.3 is 0 Å². The molecule has 1 fully saturated rings. The Morgan fingerprint density at radius 2 is 2.35 bits per heavy atom. The number of nitrogens with one attached hydrogen (secondary N) is 1. The number of hydrogen-bond acceptors (Lipinski definition) is 4. The fraction of sp³-hybridized carbons (Fsp3) is 0.600. The lowest BCUT2D eigenvalue weighted by atomic mass is 9.89. The normalized spacial score (nSPS) is 23.7. The number of aromatic nitrogens is 1. The molecule has 1 aliphatic rings. The maximum atomic E-state index is 11.9. The van der Waals surface area contributed by atoms with E-state index in [-0.39, 0.29) is 11.3 Å². The van der Waals surface area contributed by atoms with Crippen LogP contribution in [0.15, 0.2) is 18.3 Å². The van der Waals surface area contributed by atoms with Crippen molar-refractivity contribution in [1.82, 2.24) is 10.3 Å². The number of rotatable bonds is 4. The van der Waals surface area contributed by atoms with Gasteiger partial charge in [0.1, 0.15) is 0 Å². The minimum Gasteiger partial charge on any atom is -0.387 e. The van der Waals surface area contributed by atoms with Crippen molar-refractivity contribution in [2.75, 3.05) is 25.0 Å². The summed E-state index contributed by atoms with van der Waals surface area (Å²) in [6.07, 6.45) is 2.78. The molecule has 0 saturated carbocycles. The molecule has 2 atom stereocenters. The number of amides is 1. The van der Waals surface area contributed by atoms with E-state index in [1.807, 2.05) is 26.0 Å². The molecule has 1 aromatic heterocycles. The molecule has 1 amide bonds. The van der Waals surface area contributed by atoms with Gasteiger partial charge in [0.15, 0.2) is 0 Å². The topological polar surface area (TPSA) is 65.5 Å². The Morgan fingerprint density at radius 1 is 1.60 bits per heavy atom. The van der Waals surface area contributed by atoms with Gasteiger partial charge in [-0.15, -0.1) is 0 Å². The Balaban J connectivity index is 2.09. The van der Waals surface area contributed by atoms with Gasteiger partial charge in [0.2, 0.25) is 5.91 Å². The minimum atomic E-state index is -0.501. The predicted molar refractivity (Wildman–Crippen MR) is 78.5 cm³/mol. The predicted octanol–water partition coefficient (Wildman–Crippen LogP) is 1.49. The number of hydrogen-bond donors (Lipinski definition) is 2. The maximum Gasteiger partial charge on any atom is 0.227 e. The largest absolute Gasteiger partial charge is 0.387 e. The second-order valence-corrected chi connectivity index (χ2v) is 5.68. The van der Waals surface area contributed by atoms with Crippen LogP contribution < -0.4 is 10.2 Å². The Kier molecular flexibility index (Phi) is 4.28. The molecule has 1 aliphatic heterocycles. The SMILES string of the molecule is CCC(O)c1ccc(N2CCC(C)(C(=O)NC)C2)cn1. The van der Waals surface area contributed by atoms with Crippen LogP contribution in [-0.2, 0) is 4.79 Å². The Bertz CT molecular complexity index is 475. The Labute approximate surface area is 120 Å². The molecular formula is C15H23N3O2. The number of anilines is 1. The van der Waals surface area contributed by atoms with E-state index in [0.717, 1.165) is 18.7 Å². The molecule has 0 bridgehead atoms. The number of pyridine rings is 1. The van der Waals surface area contributed by atoms with Crippen LogP contribution in [0.4, 0.5) is 5.69 Å². The minimum absolute atomic E-state index is 0.0889. The van der Waals surface area contributed by atoms with Crippen LogP contribution in [0.25, 0.3) is 0 Å². The van der Waals surface area contributed by atoms with Crippen LogP contribution >= 0.6 is 0 Å². The number of carbonyl (C=O) groups is 1. The third-order valence-electron chi connectivity index (χ3n) is 4.11. The highest BCUT2D eigenvalue weighted by molar-refractivity contribution is 5.83. The quantitative estimate of drug-likeness (QED) is 0.875. The van der Waals surface area contributed by atoms with Crippen molar-refractivity contribution >= 4 is 11.6 Å². The summed E-state index contributed by atoms with van der Waals surface area (Å²) in [5.74, 6) is 0.0889. The summed E-state index contributed by atoms with van der Waals surface area (Å²) in [7, 11) is 1.68. The molecule has 0 spiro atoms. The zero-order valence-electron chi connectivity index (χ0n) is 12.4. The van der Waals surface area contributed by atoms with E-state index in [1.165, 1.54) is 0 Å². The van der Waals surface area contributed by atoms with Crippen molar-refractivity contribution in [1.29, 1.82) is 0 Å². The van der Waals surface area contributed by atoms with Gasteiger partial charge in [-0.3, -0.25) is 9.78 Å². The van der Waals surface area contributed by atoms with Gasteiger partial charge < -0.3 is 15.3 Å². The Morgan fingerprint density at radius 3 is 2.90 bits per heavy atom. The molecule has 20 heavy (non-hydrogen) atoms. The first-order valence-electron chi connectivity index (χ1n) is 7.11. The van der Waals surface area contributed by atoms with E-state index >= 15 is 0 Å². The van der Waals surface area contributed by atoms with Gasteiger partial charge in [-0.1, -0.05) is 6.92 Å². The van der Waals surface area contributed by atoms with Crippen molar-refractivity contribution in [2.24, 2.45) is 5.41 Å². The smallest absolute Gasteiger partial charge is 0.227 e. The van der Waals surface area contributed by atoms with Gasteiger partial charge in [-0.25, -0.2) is 0 Å². The van der Waals surface area contributed by atoms with Crippen molar-refractivity contribution in [3.63, 3.8) is 0 Å². The first-order chi connectivity index (χ1) is 9.50. The van der Waals surface area contributed by atoms with E-state index in [2.05, 4.69) is 15.2 Å². The van der Waals surface area contributed by atoms with Gasteiger partial charge in [-0.2, -0.15) is 0 Å². The first kappa shape index (κ1) is 14.8. The number of aliphatic hydroxyl groups excluding tert-OH is 1. The fourth-order valence-electron chi connectivity index (χ4n) is 2.66. The van der Waals surface area contributed by atoms with Gasteiger partial charge in [0, 0.05) is 20.1 Å². The molecule has 0 aromatic carbocycles. The molecule has 0 aliphatic carbocycles. The van der Waals surface area contributed by atoms with Crippen LogP contribution in [0, 0.1) is 5.41 Å². The summed E-state index contributed by atoms with van der Waals surface area (Å²) in [4.78, 5) is 18.4. The average Bonchev–Trinajstić information content (AvgIpc) is 2.89. The molecule has 5 heteroatoms. The zero-order valence-corrected chi connectivity index (χ0v) is 12.4. The molecule has 1 aromatic rings. The van der Waals surface area contributed by atoms with Gasteiger partial charge in [-0.05, 0) is 31.9 Å². The molecular weight excluding hydrogens is 254 g/mol. The Hall–Kier alpha value is -1.62. The van der Waals surface area contributed by atoms with Crippen molar-refractivity contribution < 1.29 is 9.90 Å². The third-order valence-corrected chi connectivity index (χ3v) is 4.11. The summed E-state index contributed by atoms with van der Waals surface area (Å²) in [5.41, 5.74) is 1.37. The molecule has 2 heterocycles. The third kappa shape index (κ3) is 2.77. The highest BCUT2D eigenvalue weighted by Crippen LogP contribution is 2.33. The van der Waals surface area contributed by atoms with Crippen molar-refractivity contribution in [3.05, 3.63) is 24.0 Å². The molecule has 2 rings (SSSR count). The summed E-state index contributed by atoms with van der Waals surface area (Å²) in [6, 6.07) is 3.83. The van der Waals surface area contributed by atoms with E-state index in [0.29, 0.717) is 18.7 Å². The first-order valence-corrected chi connectivity index (χ1v) is 7.11. The molecule has 5 nitrogen and oxygen atoms in total. The van der Waals surface area contributed by atoms with Crippen molar-refractivity contribution in [2.45, 2.75) is 32.8 Å². The molecule has 2 unspecified atom stereocenters. The standard InChI is InChI=1S/C15H23N3O2/c1-4-13(19)12-6-5-11(9-17-12)18-8-7-15(2,10-18)14(20)16-3/h5-6,9,13,19H,4,7-8,10H2,1-3H3,(H,16,20). The van der Waals surface area contributed by atoms with E-state index in [1.54, 1.807) is 13.2 Å². The number of aliphatic hydroxyl groups is 1. The van der Waals surface area contributed by atoms with Crippen LogP contribution in [0.2, 0.25) is 0 Å². The summed E-state index contributed by atoms with van der Waals surface area (Å²) in [5, 5.41) is 12.5. The summed E-state index contributed by atoms with van der Waals surface area (Å²) < 4.78 is 0. The fourth-order valence-corrected chi connectivity index (χ4v) is 2.66.